The van der Waals surface area contributed by atoms with Gasteiger partial charge in [-0.15, -0.1) is 0 Å². The maximum absolute atomic E-state index is 14.9. The molecule has 0 amide bonds. The number of rotatable bonds is 5. The van der Waals surface area contributed by atoms with Gasteiger partial charge >= 0.3 is 5.97 Å². The van der Waals surface area contributed by atoms with Crippen LogP contribution in [0.15, 0.2) is 36.5 Å². The third-order valence-electron chi connectivity index (χ3n) is 4.26. The van der Waals surface area contributed by atoms with Crippen molar-refractivity contribution in [3.8, 4) is 0 Å². The van der Waals surface area contributed by atoms with Crippen LogP contribution in [0.3, 0.4) is 0 Å². The number of pyridine rings is 1. The molecular weight excluding hydrogens is 517 g/mol. The van der Waals surface area contributed by atoms with Gasteiger partial charge in [-0.05, 0) is 64.0 Å². The predicted molar refractivity (Wildman–Crippen MR) is 112 cm³/mol. The summed E-state index contributed by atoms with van der Waals surface area (Å²) in [4.78, 5) is 15.8. The van der Waals surface area contributed by atoms with E-state index in [4.69, 9.17) is 5.73 Å². The Morgan fingerprint density at radius 1 is 1.10 bits per heavy atom. The Labute approximate surface area is 182 Å². The molecule has 10 heteroatoms. The molecule has 156 valence electrons. The van der Waals surface area contributed by atoms with Crippen LogP contribution in [0.5, 0.6) is 0 Å². The van der Waals surface area contributed by atoms with E-state index in [2.05, 4.69) is 15.0 Å². The summed E-state index contributed by atoms with van der Waals surface area (Å²) in [5.41, 5.74) is 3.90. The molecule has 0 unspecified atom stereocenters. The molecule has 3 aromatic rings. The van der Waals surface area contributed by atoms with Crippen molar-refractivity contribution in [3.63, 3.8) is 0 Å². The summed E-state index contributed by atoms with van der Waals surface area (Å²) in [6, 6.07) is 6.32. The molecule has 0 bridgehead atoms. The van der Waals surface area contributed by atoms with Gasteiger partial charge in [0, 0.05) is 16.2 Å². The third kappa shape index (κ3) is 4.32. The lowest BCUT2D eigenvalue weighted by Gasteiger charge is -2.16. The quantitative estimate of drug-likeness (QED) is 0.277. The first-order chi connectivity index (χ1) is 14.2. The average Bonchev–Trinajstić information content (AvgIpc) is 2.71. The van der Waals surface area contributed by atoms with Gasteiger partial charge in [-0.3, -0.25) is 0 Å². The van der Waals surface area contributed by atoms with Crippen molar-refractivity contribution < 1.29 is 27.1 Å². The lowest BCUT2D eigenvalue weighted by molar-refractivity contribution is 0.0601. The number of anilines is 3. The molecule has 0 aliphatic carbocycles. The summed E-state index contributed by atoms with van der Waals surface area (Å²) in [7, 11) is 1.06. The van der Waals surface area contributed by atoms with E-state index in [1.165, 1.54) is 24.4 Å². The molecule has 1 heterocycles. The van der Waals surface area contributed by atoms with Gasteiger partial charge in [-0.2, -0.15) is 0 Å². The van der Waals surface area contributed by atoms with Crippen LogP contribution in [-0.2, 0) is 11.2 Å². The minimum absolute atomic E-state index is 0.0407. The zero-order chi connectivity index (χ0) is 22.0. The molecule has 0 aliphatic rings. The molecule has 0 atom stereocenters. The van der Waals surface area contributed by atoms with Crippen LogP contribution in [0.4, 0.5) is 34.8 Å². The molecule has 0 saturated heterocycles. The average molecular weight is 531 g/mol. The first kappa shape index (κ1) is 21.8. The number of nitrogens with zero attached hydrogens (tertiary/aromatic N) is 1. The first-order valence-corrected chi connectivity index (χ1v) is 9.51. The number of carbonyl (C=O) groups excluding carboxylic acids is 1. The van der Waals surface area contributed by atoms with Gasteiger partial charge in [0.05, 0.1) is 24.0 Å². The molecule has 3 N–H and O–H groups in total. The van der Waals surface area contributed by atoms with Gasteiger partial charge < -0.3 is 15.8 Å². The summed E-state index contributed by atoms with van der Waals surface area (Å²) < 4.78 is 63.2. The number of esters is 1. The smallest absolute Gasteiger partial charge is 0.340 e. The number of halogens is 5. The molecule has 5 nitrogen and oxygen atoms in total. The summed E-state index contributed by atoms with van der Waals surface area (Å²) in [6.07, 6.45) is 0.822. The lowest BCUT2D eigenvalue weighted by Crippen LogP contribution is -2.12. The Morgan fingerprint density at radius 2 is 1.83 bits per heavy atom. The highest BCUT2D eigenvalue weighted by Crippen LogP contribution is 2.32. The van der Waals surface area contributed by atoms with Crippen LogP contribution >= 0.6 is 22.6 Å². The van der Waals surface area contributed by atoms with Crippen molar-refractivity contribution in [2.45, 2.75) is 6.42 Å². The van der Waals surface area contributed by atoms with Crippen molar-refractivity contribution in [2.24, 2.45) is 0 Å². The fraction of sp³-hybridized carbons (Fsp3) is 0.100. The second-order valence-corrected chi connectivity index (χ2v) is 7.42. The lowest BCUT2D eigenvalue weighted by atomic mass is 10.00. The van der Waals surface area contributed by atoms with Crippen molar-refractivity contribution >= 4 is 45.8 Å². The number of nitrogen functional groups attached to an aromatic ring is 1. The van der Waals surface area contributed by atoms with Crippen LogP contribution in [0, 0.1) is 26.8 Å². The third-order valence-corrected chi connectivity index (χ3v) is 4.93. The van der Waals surface area contributed by atoms with Gasteiger partial charge in [0.2, 0.25) is 0 Å². The summed E-state index contributed by atoms with van der Waals surface area (Å²) in [6.45, 7) is 0. The highest BCUT2D eigenvalue weighted by Gasteiger charge is 2.25. The van der Waals surface area contributed by atoms with E-state index in [1.807, 2.05) is 22.6 Å². The number of nitrogens with two attached hydrogens (primary N) is 1. The van der Waals surface area contributed by atoms with E-state index in [0.717, 1.165) is 13.2 Å². The van der Waals surface area contributed by atoms with E-state index in [-0.39, 0.29) is 22.4 Å². The van der Waals surface area contributed by atoms with E-state index >= 15 is 0 Å². The van der Waals surface area contributed by atoms with E-state index in [9.17, 15) is 22.4 Å². The molecule has 3 rings (SSSR count). The van der Waals surface area contributed by atoms with E-state index in [0.29, 0.717) is 3.57 Å². The summed E-state index contributed by atoms with van der Waals surface area (Å²) in [5, 5.41) is 2.41. The highest BCUT2D eigenvalue weighted by atomic mass is 127. The van der Waals surface area contributed by atoms with Crippen LogP contribution < -0.4 is 11.1 Å². The van der Waals surface area contributed by atoms with Crippen LogP contribution in [0.1, 0.15) is 21.5 Å². The minimum Gasteiger partial charge on any atom is -0.465 e. The van der Waals surface area contributed by atoms with E-state index < -0.39 is 47.2 Å². The molecule has 1 aromatic heterocycles. The van der Waals surface area contributed by atoms with Crippen LogP contribution in [0.25, 0.3) is 0 Å². The number of methoxy groups -OCH3 is 1. The van der Waals surface area contributed by atoms with Crippen molar-refractivity contribution in [1.82, 2.24) is 4.98 Å². The number of hydrogen-bond donors (Lipinski definition) is 2. The van der Waals surface area contributed by atoms with Crippen molar-refractivity contribution in [2.75, 3.05) is 18.2 Å². The maximum Gasteiger partial charge on any atom is 0.340 e. The number of aromatic nitrogens is 1. The largest absolute Gasteiger partial charge is 0.465 e. The Balaban J connectivity index is 2.11. The van der Waals surface area contributed by atoms with Gasteiger partial charge in [0.1, 0.15) is 5.82 Å². The van der Waals surface area contributed by atoms with Crippen molar-refractivity contribution in [3.05, 3.63) is 80.1 Å². The SMILES string of the molecule is COC(=O)c1cc(Cc2ccnc(N)c2F)c(F)c(F)c1Nc1ccc(I)cc1F. The van der Waals surface area contributed by atoms with Gasteiger partial charge in [0.25, 0.3) is 0 Å². The first-order valence-electron chi connectivity index (χ1n) is 8.43. The Morgan fingerprint density at radius 3 is 2.50 bits per heavy atom. The molecule has 0 radical (unpaired) electrons. The molecule has 0 saturated carbocycles. The highest BCUT2D eigenvalue weighted by molar-refractivity contribution is 14.1. The molecule has 0 fully saturated rings. The molecule has 2 aromatic carbocycles. The van der Waals surface area contributed by atoms with Gasteiger partial charge in [-0.1, -0.05) is 0 Å². The van der Waals surface area contributed by atoms with Crippen LogP contribution in [0.2, 0.25) is 0 Å². The Kier molecular flexibility index (Phi) is 6.44. The molecular formula is C20H14F4IN3O2. The molecule has 0 aliphatic heterocycles. The number of benzene rings is 2. The second-order valence-electron chi connectivity index (χ2n) is 6.17. The normalized spacial score (nSPS) is 10.7. The topological polar surface area (TPSA) is 77.2 Å². The predicted octanol–water partition coefficient (Wildman–Crippen LogP) is 4.95. The molecule has 0 spiro atoms. The fourth-order valence-electron chi connectivity index (χ4n) is 2.77. The van der Waals surface area contributed by atoms with Crippen molar-refractivity contribution in [1.29, 1.82) is 0 Å². The number of hydrogen-bond acceptors (Lipinski definition) is 5. The zero-order valence-corrected chi connectivity index (χ0v) is 17.6. The number of ether oxygens (including phenoxy) is 1. The number of carbonyl (C=O) groups is 1. The summed E-state index contributed by atoms with van der Waals surface area (Å²) >= 11 is 1.89. The minimum atomic E-state index is -1.44. The zero-order valence-electron chi connectivity index (χ0n) is 15.4. The monoisotopic (exact) mass is 531 g/mol. The fourth-order valence-corrected chi connectivity index (χ4v) is 3.22. The standard InChI is InChI=1S/C20H14F4IN3O2/c1-30-20(29)12-7-10(6-9-4-5-27-19(26)16(9)23)15(22)17(24)18(12)28-14-3-2-11(25)8-13(14)21/h2-5,7-8,28H,6H2,1H3,(H2,26,27). The van der Waals surface area contributed by atoms with Gasteiger partial charge in [-0.25, -0.2) is 27.3 Å². The molecule has 30 heavy (non-hydrogen) atoms. The summed E-state index contributed by atoms with van der Waals surface area (Å²) in [5.74, 6) is -5.75. The van der Waals surface area contributed by atoms with Crippen LogP contribution in [-0.4, -0.2) is 18.1 Å². The second kappa shape index (κ2) is 8.86. The maximum atomic E-state index is 14.9. The number of nitrogens with one attached hydrogen (secondary N) is 1. The van der Waals surface area contributed by atoms with Gasteiger partial charge in [0.15, 0.2) is 23.3 Å². The Bertz CT molecular complexity index is 1140. The Hall–Kier alpha value is -2.89. The van der Waals surface area contributed by atoms with E-state index in [1.54, 1.807) is 6.07 Å².